The van der Waals surface area contributed by atoms with Gasteiger partial charge in [-0.15, -0.1) is 0 Å². The molecule has 0 amide bonds. The minimum atomic E-state index is -0.275. The Morgan fingerprint density at radius 3 is 2.59 bits per heavy atom. The summed E-state index contributed by atoms with van der Waals surface area (Å²) in [6.45, 7) is 0.789. The highest BCUT2D eigenvalue weighted by molar-refractivity contribution is 9.10. The maximum Gasteiger partial charge on any atom is 0.176 e. The summed E-state index contributed by atoms with van der Waals surface area (Å²) in [6.07, 6.45) is 5.22. The standard InChI is InChI=1S/C21H16BrCl2FN6S/c22-17-12-31(10-14-3-1-2-4-19(14)25)29-20(17)28-21(32)27-16-8-26-30(11-16)9-13-5-6-15(23)7-18(13)24/h1-8,11-12H,9-10H2,(H2,27,28,29,32). The highest BCUT2D eigenvalue weighted by Gasteiger charge is 2.11. The molecule has 0 atom stereocenters. The van der Waals surface area contributed by atoms with Gasteiger partial charge in [-0.1, -0.05) is 47.5 Å². The van der Waals surface area contributed by atoms with Crippen molar-refractivity contribution in [1.29, 1.82) is 0 Å². The fourth-order valence-electron chi connectivity index (χ4n) is 2.97. The van der Waals surface area contributed by atoms with Crippen molar-refractivity contribution in [3.8, 4) is 0 Å². The topological polar surface area (TPSA) is 59.7 Å². The van der Waals surface area contributed by atoms with Gasteiger partial charge < -0.3 is 10.6 Å². The molecule has 6 nitrogen and oxygen atoms in total. The Balaban J connectivity index is 1.37. The zero-order chi connectivity index (χ0) is 22.7. The zero-order valence-corrected chi connectivity index (χ0v) is 20.3. The molecule has 2 aromatic carbocycles. The van der Waals surface area contributed by atoms with E-state index in [2.05, 4.69) is 36.8 Å². The summed E-state index contributed by atoms with van der Waals surface area (Å²) in [7, 11) is 0. The quantitative estimate of drug-likeness (QED) is 0.279. The molecule has 0 spiro atoms. The summed E-state index contributed by atoms with van der Waals surface area (Å²) in [5.74, 6) is 0.238. The van der Waals surface area contributed by atoms with Gasteiger partial charge in [0.2, 0.25) is 0 Å². The normalized spacial score (nSPS) is 10.9. The molecule has 2 N–H and O–H groups in total. The molecular weight excluding hydrogens is 538 g/mol. The highest BCUT2D eigenvalue weighted by Crippen LogP contribution is 2.23. The SMILES string of the molecule is Fc1ccccc1Cn1cc(Br)c(NC(=S)Nc2cnn(Cc3ccc(Cl)cc3Cl)c2)n1. The molecule has 0 bridgehead atoms. The van der Waals surface area contributed by atoms with Gasteiger partial charge >= 0.3 is 0 Å². The van der Waals surface area contributed by atoms with E-state index in [-0.39, 0.29) is 5.82 Å². The molecule has 0 aliphatic rings. The lowest BCUT2D eigenvalue weighted by molar-refractivity contribution is 0.586. The number of aromatic nitrogens is 4. The van der Waals surface area contributed by atoms with Gasteiger partial charge in [0.1, 0.15) is 5.82 Å². The fourth-order valence-corrected chi connectivity index (χ4v) is 4.07. The Morgan fingerprint density at radius 2 is 1.81 bits per heavy atom. The molecule has 0 aliphatic carbocycles. The fraction of sp³-hybridized carbons (Fsp3) is 0.0952. The van der Waals surface area contributed by atoms with E-state index in [0.29, 0.717) is 49.8 Å². The van der Waals surface area contributed by atoms with Crippen molar-refractivity contribution in [3.63, 3.8) is 0 Å². The molecule has 0 saturated carbocycles. The van der Waals surface area contributed by atoms with Crippen molar-refractivity contribution < 1.29 is 4.39 Å². The highest BCUT2D eigenvalue weighted by atomic mass is 79.9. The molecule has 4 aromatic rings. The number of nitrogens with zero attached hydrogens (tertiary/aromatic N) is 4. The molecular formula is C21H16BrCl2FN6S. The lowest BCUT2D eigenvalue weighted by Crippen LogP contribution is -2.19. The Morgan fingerprint density at radius 1 is 1.03 bits per heavy atom. The lowest BCUT2D eigenvalue weighted by atomic mass is 10.2. The van der Waals surface area contributed by atoms with E-state index in [9.17, 15) is 4.39 Å². The first kappa shape index (κ1) is 22.7. The number of rotatable bonds is 6. The van der Waals surface area contributed by atoms with Gasteiger partial charge in [-0.05, 0) is 51.9 Å². The summed E-state index contributed by atoms with van der Waals surface area (Å²) < 4.78 is 18.0. The largest absolute Gasteiger partial charge is 0.330 e. The smallest absolute Gasteiger partial charge is 0.176 e. The molecule has 11 heteroatoms. The van der Waals surface area contributed by atoms with Crippen LogP contribution >= 0.6 is 51.3 Å². The Kier molecular flexibility index (Phi) is 7.10. The molecule has 2 heterocycles. The summed E-state index contributed by atoms with van der Waals surface area (Å²) in [4.78, 5) is 0. The molecule has 4 rings (SSSR count). The predicted octanol–water partition coefficient (Wildman–Crippen LogP) is 6.19. The van der Waals surface area contributed by atoms with Crippen molar-refractivity contribution in [1.82, 2.24) is 19.6 Å². The van der Waals surface area contributed by atoms with E-state index >= 15 is 0 Å². The van der Waals surface area contributed by atoms with Gasteiger partial charge in [-0.25, -0.2) is 4.39 Å². The van der Waals surface area contributed by atoms with Crippen molar-refractivity contribution >= 4 is 68.0 Å². The van der Waals surface area contributed by atoms with E-state index in [4.69, 9.17) is 35.4 Å². The third-order valence-corrected chi connectivity index (χ3v) is 5.85. The van der Waals surface area contributed by atoms with Crippen LogP contribution in [-0.2, 0) is 13.1 Å². The van der Waals surface area contributed by atoms with Crippen LogP contribution in [0.4, 0.5) is 15.9 Å². The Bertz CT molecular complexity index is 1270. The number of hydrogen-bond donors (Lipinski definition) is 2. The molecule has 0 aliphatic heterocycles. The van der Waals surface area contributed by atoms with Crippen molar-refractivity contribution in [2.75, 3.05) is 10.6 Å². The average molecular weight is 554 g/mol. The first-order valence-corrected chi connectivity index (χ1v) is 11.3. The monoisotopic (exact) mass is 552 g/mol. The van der Waals surface area contributed by atoms with E-state index in [1.165, 1.54) is 6.07 Å². The van der Waals surface area contributed by atoms with Crippen LogP contribution in [0.1, 0.15) is 11.1 Å². The Labute approximate surface area is 207 Å². The van der Waals surface area contributed by atoms with Gasteiger partial charge in [0.25, 0.3) is 0 Å². The lowest BCUT2D eigenvalue weighted by Gasteiger charge is -2.07. The number of thiocarbonyl (C=S) groups is 1. The zero-order valence-electron chi connectivity index (χ0n) is 16.4. The van der Waals surface area contributed by atoms with Crippen LogP contribution in [-0.4, -0.2) is 24.7 Å². The van der Waals surface area contributed by atoms with Crippen LogP contribution < -0.4 is 10.6 Å². The third-order valence-electron chi connectivity index (χ3n) is 4.48. The maximum absolute atomic E-state index is 13.9. The molecule has 0 radical (unpaired) electrons. The van der Waals surface area contributed by atoms with Gasteiger partial charge in [0, 0.05) is 28.0 Å². The second-order valence-corrected chi connectivity index (χ2v) is 8.96. The summed E-state index contributed by atoms with van der Waals surface area (Å²) in [5.41, 5.74) is 2.15. The van der Waals surface area contributed by atoms with Crippen LogP contribution in [0.15, 0.2) is 65.5 Å². The second kappa shape index (κ2) is 9.99. The molecule has 0 saturated heterocycles. The first-order valence-electron chi connectivity index (χ1n) is 9.38. The number of anilines is 2. The van der Waals surface area contributed by atoms with E-state index in [1.54, 1.807) is 52.1 Å². The predicted molar refractivity (Wildman–Crippen MR) is 133 cm³/mol. The molecule has 32 heavy (non-hydrogen) atoms. The van der Waals surface area contributed by atoms with Crippen molar-refractivity contribution in [2.45, 2.75) is 13.1 Å². The molecule has 164 valence electrons. The molecule has 2 aromatic heterocycles. The van der Waals surface area contributed by atoms with Crippen molar-refractivity contribution in [3.05, 3.63) is 92.5 Å². The third kappa shape index (κ3) is 5.66. The number of hydrogen-bond acceptors (Lipinski definition) is 3. The molecule has 0 unspecified atom stereocenters. The van der Waals surface area contributed by atoms with Crippen LogP contribution in [0.5, 0.6) is 0 Å². The van der Waals surface area contributed by atoms with Gasteiger partial charge in [0.15, 0.2) is 10.9 Å². The number of benzene rings is 2. The first-order chi connectivity index (χ1) is 15.4. The van der Waals surface area contributed by atoms with Gasteiger partial charge in [-0.3, -0.25) is 9.36 Å². The maximum atomic E-state index is 13.9. The van der Waals surface area contributed by atoms with E-state index in [1.807, 2.05) is 12.3 Å². The van der Waals surface area contributed by atoms with Crippen molar-refractivity contribution in [2.24, 2.45) is 0 Å². The number of nitrogens with one attached hydrogen (secondary N) is 2. The number of halogens is 4. The van der Waals surface area contributed by atoms with Crippen LogP contribution in [0.2, 0.25) is 10.0 Å². The summed E-state index contributed by atoms with van der Waals surface area (Å²) >= 11 is 21.0. The van der Waals surface area contributed by atoms with Gasteiger partial charge in [0.05, 0.1) is 29.4 Å². The summed E-state index contributed by atoms with van der Waals surface area (Å²) in [6, 6.07) is 11.9. The Hall–Kier alpha value is -2.46. The van der Waals surface area contributed by atoms with Crippen LogP contribution in [0, 0.1) is 5.82 Å². The average Bonchev–Trinajstić information content (AvgIpc) is 3.32. The second-order valence-electron chi connectivity index (χ2n) is 6.86. The summed E-state index contributed by atoms with van der Waals surface area (Å²) in [5, 5.41) is 16.3. The molecule has 0 fully saturated rings. The van der Waals surface area contributed by atoms with Crippen LogP contribution in [0.25, 0.3) is 0 Å². The van der Waals surface area contributed by atoms with E-state index < -0.39 is 0 Å². The van der Waals surface area contributed by atoms with Gasteiger partial charge in [-0.2, -0.15) is 10.2 Å². The minimum absolute atomic E-state index is 0.275. The van der Waals surface area contributed by atoms with Crippen LogP contribution in [0.3, 0.4) is 0 Å². The van der Waals surface area contributed by atoms with E-state index in [0.717, 1.165) is 5.56 Å². The minimum Gasteiger partial charge on any atom is -0.330 e.